The van der Waals surface area contributed by atoms with Crippen molar-refractivity contribution in [3.8, 4) is 0 Å². The van der Waals surface area contributed by atoms with E-state index < -0.39 is 0 Å². The van der Waals surface area contributed by atoms with Gasteiger partial charge in [-0.3, -0.25) is 4.79 Å². The smallest absolute Gasteiger partial charge is 0.292 e. The number of hydrogen-bond acceptors (Lipinski definition) is 7. The van der Waals surface area contributed by atoms with Crippen LogP contribution in [0, 0.1) is 6.92 Å². The molecule has 8 nitrogen and oxygen atoms in total. The first kappa shape index (κ1) is 14.1. The maximum atomic E-state index is 12.0. The SMILES string of the molecule is Cc1ccnc(N2CCC[C@@H]2c2nc(C(=O)NC3CC3)no2)n1. The molecule has 0 radical (unpaired) electrons. The van der Waals surface area contributed by atoms with E-state index >= 15 is 0 Å². The molecule has 0 spiro atoms. The number of hydrogen-bond donors (Lipinski definition) is 1. The third-order valence-corrected chi connectivity index (χ3v) is 4.13. The van der Waals surface area contributed by atoms with Crippen LogP contribution < -0.4 is 10.2 Å². The lowest BCUT2D eigenvalue weighted by atomic mass is 10.2. The molecule has 0 unspecified atom stereocenters. The van der Waals surface area contributed by atoms with Crippen molar-refractivity contribution in [2.45, 2.75) is 44.7 Å². The molecule has 4 rings (SSSR count). The zero-order chi connectivity index (χ0) is 15.8. The van der Waals surface area contributed by atoms with Crippen LogP contribution in [0.5, 0.6) is 0 Å². The fourth-order valence-corrected chi connectivity index (χ4v) is 2.78. The number of nitrogens with one attached hydrogen (secondary N) is 1. The Labute approximate surface area is 133 Å². The Morgan fingerprint density at radius 2 is 2.22 bits per heavy atom. The first-order valence-electron chi connectivity index (χ1n) is 7.91. The summed E-state index contributed by atoms with van der Waals surface area (Å²) in [4.78, 5) is 27.1. The molecule has 1 atom stereocenters. The lowest BCUT2D eigenvalue weighted by molar-refractivity contribution is 0.0937. The molecule has 0 bridgehead atoms. The second kappa shape index (κ2) is 5.60. The van der Waals surface area contributed by atoms with Gasteiger partial charge in [0.25, 0.3) is 11.7 Å². The van der Waals surface area contributed by atoms with Gasteiger partial charge in [0.05, 0.1) is 0 Å². The summed E-state index contributed by atoms with van der Waals surface area (Å²) >= 11 is 0. The Hall–Kier alpha value is -2.51. The minimum atomic E-state index is -0.265. The van der Waals surface area contributed by atoms with Gasteiger partial charge in [0.1, 0.15) is 6.04 Å². The molecule has 3 heterocycles. The number of carbonyl (C=O) groups is 1. The second-order valence-corrected chi connectivity index (χ2v) is 6.05. The molecule has 2 aromatic heterocycles. The third kappa shape index (κ3) is 2.88. The third-order valence-electron chi connectivity index (χ3n) is 4.13. The minimum absolute atomic E-state index is 0.0771. The highest BCUT2D eigenvalue weighted by Crippen LogP contribution is 2.33. The van der Waals surface area contributed by atoms with Gasteiger partial charge in [-0.2, -0.15) is 4.98 Å². The molecule has 1 N–H and O–H groups in total. The Balaban J connectivity index is 1.54. The van der Waals surface area contributed by atoms with Crippen LogP contribution in [0.4, 0.5) is 5.95 Å². The van der Waals surface area contributed by atoms with Crippen molar-refractivity contribution in [1.82, 2.24) is 25.4 Å². The van der Waals surface area contributed by atoms with Gasteiger partial charge in [-0.25, -0.2) is 9.97 Å². The van der Waals surface area contributed by atoms with Gasteiger partial charge in [0, 0.05) is 24.5 Å². The predicted octanol–water partition coefficient (Wildman–Crippen LogP) is 1.40. The van der Waals surface area contributed by atoms with Crippen LogP contribution in [0.2, 0.25) is 0 Å². The van der Waals surface area contributed by atoms with Crippen molar-refractivity contribution in [1.29, 1.82) is 0 Å². The summed E-state index contributed by atoms with van der Waals surface area (Å²) in [6, 6.07) is 2.06. The van der Waals surface area contributed by atoms with E-state index in [0.717, 1.165) is 37.9 Å². The summed E-state index contributed by atoms with van der Waals surface area (Å²) in [5.74, 6) is 0.950. The summed E-state index contributed by atoms with van der Waals surface area (Å²) in [5.41, 5.74) is 0.913. The van der Waals surface area contributed by atoms with Crippen molar-refractivity contribution >= 4 is 11.9 Å². The molecule has 1 aliphatic carbocycles. The zero-order valence-electron chi connectivity index (χ0n) is 12.9. The summed E-state index contributed by atoms with van der Waals surface area (Å²) in [5, 5.41) is 6.68. The molecule has 0 aromatic carbocycles. The highest BCUT2D eigenvalue weighted by molar-refractivity contribution is 5.90. The number of amides is 1. The van der Waals surface area contributed by atoms with Crippen LogP contribution in [0.25, 0.3) is 0 Å². The summed E-state index contributed by atoms with van der Waals surface area (Å²) in [6.07, 6.45) is 5.67. The number of aromatic nitrogens is 4. The monoisotopic (exact) mass is 314 g/mol. The van der Waals surface area contributed by atoms with E-state index in [1.165, 1.54) is 0 Å². The molecule has 1 amide bonds. The van der Waals surface area contributed by atoms with Gasteiger partial charge in [-0.05, 0) is 38.7 Å². The van der Waals surface area contributed by atoms with E-state index in [-0.39, 0.29) is 23.8 Å². The fourth-order valence-electron chi connectivity index (χ4n) is 2.78. The van der Waals surface area contributed by atoms with Crippen LogP contribution in [0.3, 0.4) is 0 Å². The zero-order valence-corrected chi connectivity index (χ0v) is 12.9. The Bertz CT molecular complexity index is 726. The van der Waals surface area contributed by atoms with E-state index in [9.17, 15) is 4.79 Å². The maximum Gasteiger partial charge on any atom is 0.292 e. The van der Waals surface area contributed by atoms with Gasteiger partial charge in [0.15, 0.2) is 0 Å². The Morgan fingerprint density at radius 3 is 3.00 bits per heavy atom. The molecule has 2 fully saturated rings. The fraction of sp³-hybridized carbons (Fsp3) is 0.533. The van der Waals surface area contributed by atoms with Gasteiger partial charge in [-0.15, -0.1) is 0 Å². The lowest BCUT2D eigenvalue weighted by Crippen LogP contribution is -2.27. The highest BCUT2D eigenvalue weighted by Gasteiger charge is 2.34. The maximum absolute atomic E-state index is 12.0. The predicted molar refractivity (Wildman–Crippen MR) is 80.9 cm³/mol. The van der Waals surface area contributed by atoms with Gasteiger partial charge in [0.2, 0.25) is 11.8 Å². The van der Waals surface area contributed by atoms with E-state index in [1.54, 1.807) is 6.20 Å². The van der Waals surface area contributed by atoms with Crippen LogP contribution >= 0.6 is 0 Å². The van der Waals surface area contributed by atoms with Crippen LogP contribution in [-0.4, -0.2) is 38.6 Å². The molecule has 2 aromatic rings. The first-order valence-corrected chi connectivity index (χ1v) is 7.91. The Kier molecular flexibility index (Phi) is 3.44. The molecule has 1 saturated carbocycles. The van der Waals surface area contributed by atoms with E-state index in [2.05, 4.69) is 30.3 Å². The van der Waals surface area contributed by atoms with Crippen LogP contribution in [0.1, 0.15) is 53.9 Å². The number of nitrogens with zero attached hydrogens (tertiary/aromatic N) is 5. The molecule has 1 aliphatic heterocycles. The molecule has 23 heavy (non-hydrogen) atoms. The van der Waals surface area contributed by atoms with Crippen molar-refractivity contribution in [2.24, 2.45) is 0 Å². The average Bonchev–Trinajstić information content (AvgIpc) is 3.05. The molecule has 2 aliphatic rings. The van der Waals surface area contributed by atoms with E-state index in [1.807, 2.05) is 13.0 Å². The number of aryl methyl sites for hydroxylation is 1. The minimum Gasteiger partial charge on any atom is -0.346 e. The lowest BCUT2D eigenvalue weighted by Gasteiger charge is -2.21. The standard InChI is InChI=1S/C15H18N6O2/c1-9-6-7-16-15(17-9)21-8-2-3-11(21)14-19-12(20-23-14)13(22)18-10-4-5-10/h6-7,10-11H,2-5,8H2,1H3,(H,18,22)/t11-/m1/s1. The van der Waals surface area contributed by atoms with Crippen LogP contribution in [0.15, 0.2) is 16.8 Å². The average molecular weight is 314 g/mol. The normalized spacial score (nSPS) is 20.7. The van der Waals surface area contributed by atoms with Crippen molar-refractivity contribution in [3.05, 3.63) is 29.7 Å². The Morgan fingerprint density at radius 1 is 1.35 bits per heavy atom. The molecule has 120 valence electrons. The van der Waals surface area contributed by atoms with Crippen LogP contribution in [-0.2, 0) is 0 Å². The van der Waals surface area contributed by atoms with Crippen molar-refractivity contribution in [3.63, 3.8) is 0 Å². The van der Waals surface area contributed by atoms with Crippen molar-refractivity contribution in [2.75, 3.05) is 11.4 Å². The number of rotatable bonds is 4. The summed E-state index contributed by atoms with van der Waals surface area (Å²) in [6.45, 7) is 2.77. The quantitative estimate of drug-likeness (QED) is 0.911. The molecular formula is C15H18N6O2. The topological polar surface area (TPSA) is 97.0 Å². The largest absolute Gasteiger partial charge is 0.346 e. The first-order chi connectivity index (χ1) is 11.2. The van der Waals surface area contributed by atoms with Gasteiger partial charge < -0.3 is 14.7 Å². The molecular weight excluding hydrogens is 296 g/mol. The van der Waals surface area contributed by atoms with E-state index in [4.69, 9.17) is 4.52 Å². The van der Waals surface area contributed by atoms with Crippen molar-refractivity contribution < 1.29 is 9.32 Å². The van der Waals surface area contributed by atoms with Gasteiger partial charge >= 0.3 is 0 Å². The highest BCUT2D eigenvalue weighted by atomic mass is 16.5. The summed E-state index contributed by atoms with van der Waals surface area (Å²) in [7, 11) is 0. The van der Waals surface area contributed by atoms with E-state index in [0.29, 0.717) is 11.8 Å². The number of carbonyl (C=O) groups excluding carboxylic acids is 1. The number of anilines is 1. The van der Waals surface area contributed by atoms with Gasteiger partial charge in [-0.1, -0.05) is 5.16 Å². The molecule has 1 saturated heterocycles. The summed E-state index contributed by atoms with van der Waals surface area (Å²) < 4.78 is 5.33. The molecule has 8 heteroatoms. The second-order valence-electron chi connectivity index (χ2n) is 6.05.